The van der Waals surface area contributed by atoms with Crippen molar-refractivity contribution in [2.24, 2.45) is 5.73 Å². The fraction of sp³-hybridized carbons (Fsp3) is 0.188. The van der Waals surface area contributed by atoms with Gasteiger partial charge in [0.1, 0.15) is 5.82 Å². The second-order valence-corrected chi connectivity index (χ2v) is 6.51. The van der Waals surface area contributed by atoms with Crippen LogP contribution < -0.4 is 5.73 Å². The smallest absolute Gasteiger partial charge is 0.230 e. The maximum Gasteiger partial charge on any atom is 0.230 e. The standard InChI is InChI=1S/C16H16N4OS/c1-9-3-5-12-13(7-9)20-16(19-12)11-4-6-14(18-8-11)22-10(2)15(17)21/h3-8,10H,1-2H3,(H2,17,21)(H,19,20). The number of H-pyrrole nitrogens is 1. The third-order valence-electron chi connectivity index (χ3n) is 3.35. The number of aromatic nitrogens is 3. The molecule has 1 unspecified atom stereocenters. The number of nitrogens with two attached hydrogens (primary N) is 1. The van der Waals surface area contributed by atoms with Gasteiger partial charge >= 0.3 is 0 Å². The van der Waals surface area contributed by atoms with E-state index in [4.69, 9.17) is 5.73 Å². The molecule has 3 aromatic rings. The number of carbonyl (C=O) groups excluding carboxylic acids is 1. The van der Waals surface area contributed by atoms with Crippen molar-refractivity contribution in [1.82, 2.24) is 15.0 Å². The number of hydrogen-bond acceptors (Lipinski definition) is 4. The molecule has 0 saturated heterocycles. The van der Waals surface area contributed by atoms with Crippen molar-refractivity contribution in [3.8, 4) is 11.4 Å². The van der Waals surface area contributed by atoms with Gasteiger partial charge in [0, 0.05) is 11.8 Å². The lowest BCUT2D eigenvalue weighted by Crippen LogP contribution is -2.22. The van der Waals surface area contributed by atoms with E-state index in [0.717, 1.165) is 27.4 Å². The Morgan fingerprint density at radius 2 is 2.14 bits per heavy atom. The summed E-state index contributed by atoms with van der Waals surface area (Å²) in [5.74, 6) is 0.441. The summed E-state index contributed by atoms with van der Waals surface area (Å²) in [5.41, 5.74) is 9.29. The number of nitrogens with one attached hydrogen (secondary N) is 1. The van der Waals surface area contributed by atoms with Crippen molar-refractivity contribution in [3.63, 3.8) is 0 Å². The van der Waals surface area contributed by atoms with Gasteiger partial charge in [-0.1, -0.05) is 17.8 Å². The van der Waals surface area contributed by atoms with Gasteiger partial charge in [-0.25, -0.2) is 9.97 Å². The molecule has 6 heteroatoms. The molecule has 0 spiro atoms. The maximum atomic E-state index is 11.1. The molecule has 3 rings (SSSR count). The average Bonchev–Trinajstić information content (AvgIpc) is 2.90. The average molecular weight is 312 g/mol. The summed E-state index contributed by atoms with van der Waals surface area (Å²) in [6.45, 7) is 3.82. The summed E-state index contributed by atoms with van der Waals surface area (Å²) in [6.07, 6.45) is 1.75. The third-order valence-corrected chi connectivity index (χ3v) is 4.41. The molecule has 2 aromatic heterocycles. The molecule has 0 fully saturated rings. The molecule has 0 bridgehead atoms. The molecule has 0 saturated carbocycles. The Bertz CT molecular complexity index is 826. The molecule has 1 aromatic carbocycles. The van der Waals surface area contributed by atoms with Crippen LogP contribution in [0.2, 0.25) is 0 Å². The van der Waals surface area contributed by atoms with Gasteiger partial charge in [-0.05, 0) is 43.7 Å². The largest absolute Gasteiger partial charge is 0.369 e. The van der Waals surface area contributed by atoms with Crippen molar-refractivity contribution >= 4 is 28.7 Å². The van der Waals surface area contributed by atoms with Crippen LogP contribution in [0.5, 0.6) is 0 Å². The number of benzene rings is 1. The zero-order valence-electron chi connectivity index (χ0n) is 12.3. The topological polar surface area (TPSA) is 84.7 Å². The monoisotopic (exact) mass is 312 g/mol. The molecule has 1 amide bonds. The van der Waals surface area contributed by atoms with Crippen LogP contribution in [-0.2, 0) is 4.79 Å². The van der Waals surface area contributed by atoms with E-state index in [9.17, 15) is 4.79 Å². The number of aromatic amines is 1. The molecule has 1 atom stereocenters. The van der Waals surface area contributed by atoms with Gasteiger partial charge in [0.25, 0.3) is 0 Å². The Hall–Kier alpha value is -2.34. The minimum atomic E-state index is -0.344. The Morgan fingerprint density at radius 3 is 2.82 bits per heavy atom. The highest BCUT2D eigenvalue weighted by Gasteiger charge is 2.12. The van der Waals surface area contributed by atoms with Gasteiger partial charge in [0.05, 0.1) is 21.3 Å². The van der Waals surface area contributed by atoms with Crippen molar-refractivity contribution in [2.45, 2.75) is 24.1 Å². The van der Waals surface area contributed by atoms with Crippen molar-refractivity contribution < 1.29 is 4.79 Å². The minimum Gasteiger partial charge on any atom is -0.369 e. The molecule has 2 heterocycles. The molecular weight excluding hydrogens is 296 g/mol. The first-order valence-electron chi connectivity index (χ1n) is 6.92. The minimum absolute atomic E-state index is 0.299. The Kier molecular flexibility index (Phi) is 3.85. The number of rotatable bonds is 4. The summed E-state index contributed by atoms with van der Waals surface area (Å²) in [7, 11) is 0. The fourth-order valence-corrected chi connectivity index (χ4v) is 2.83. The summed E-state index contributed by atoms with van der Waals surface area (Å²) in [4.78, 5) is 23.3. The number of carbonyl (C=O) groups is 1. The Balaban J connectivity index is 1.86. The lowest BCUT2D eigenvalue weighted by molar-refractivity contribution is -0.117. The quantitative estimate of drug-likeness (QED) is 0.725. The molecule has 3 N–H and O–H groups in total. The van der Waals surface area contributed by atoms with Crippen molar-refractivity contribution in [2.75, 3.05) is 0 Å². The Morgan fingerprint density at radius 1 is 1.32 bits per heavy atom. The molecule has 0 radical (unpaired) electrons. The zero-order valence-corrected chi connectivity index (χ0v) is 13.1. The van der Waals surface area contributed by atoms with Crippen LogP contribution in [-0.4, -0.2) is 26.1 Å². The van der Waals surface area contributed by atoms with Gasteiger partial charge < -0.3 is 10.7 Å². The van der Waals surface area contributed by atoms with Crippen LogP contribution >= 0.6 is 11.8 Å². The normalized spacial score (nSPS) is 12.5. The highest BCUT2D eigenvalue weighted by molar-refractivity contribution is 8.00. The molecule has 0 aliphatic rings. The zero-order chi connectivity index (χ0) is 15.7. The highest BCUT2D eigenvalue weighted by atomic mass is 32.2. The number of thioether (sulfide) groups is 1. The maximum absolute atomic E-state index is 11.1. The second kappa shape index (κ2) is 5.81. The molecular formula is C16H16N4OS. The van der Waals surface area contributed by atoms with Gasteiger partial charge in [0.15, 0.2) is 0 Å². The van der Waals surface area contributed by atoms with E-state index in [0.29, 0.717) is 0 Å². The fourth-order valence-electron chi connectivity index (χ4n) is 2.09. The summed E-state index contributed by atoms with van der Waals surface area (Å²) >= 11 is 1.35. The van der Waals surface area contributed by atoms with Crippen molar-refractivity contribution in [1.29, 1.82) is 0 Å². The lowest BCUT2D eigenvalue weighted by atomic mass is 10.2. The lowest BCUT2D eigenvalue weighted by Gasteiger charge is -2.06. The predicted molar refractivity (Wildman–Crippen MR) is 88.6 cm³/mol. The number of fused-ring (bicyclic) bond motifs is 1. The summed E-state index contributed by atoms with van der Waals surface area (Å²) in [5, 5.41) is 0.467. The van der Waals surface area contributed by atoms with Gasteiger partial charge in [-0.2, -0.15) is 0 Å². The number of imidazole rings is 1. The summed E-state index contributed by atoms with van der Waals surface area (Å²) < 4.78 is 0. The van der Waals surface area contributed by atoms with Crippen molar-refractivity contribution in [3.05, 3.63) is 42.1 Å². The Labute approximate surface area is 132 Å². The van der Waals surface area contributed by atoms with E-state index in [2.05, 4.69) is 21.0 Å². The first kappa shape index (κ1) is 14.6. The SMILES string of the molecule is Cc1ccc2nc(-c3ccc(SC(C)C(N)=O)nc3)[nH]c2c1. The number of hydrogen-bond donors (Lipinski definition) is 2. The molecule has 112 valence electrons. The predicted octanol–water partition coefficient (Wildman–Crippen LogP) is 2.90. The first-order chi connectivity index (χ1) is 10.5. The highest BCUT2D eigenvalue weighted by Crippen LogP contribution is 2.25. The van der Waals surface area contributed by atoms with Gasteiger partial charge in [-0.15, -0.1) is 0 Å². The van der Waals surface area contributed by atoms with Crippen LogP contribution in [0.4, 0.5) is 0 Å². The second-order valence-electron chi connectivity index (χ2n) is 5.15. The van der Waals surface area contributed by atoms with Crippen LogP contribution in [0, 0.1) is 6.92 Å². The molecule has 22 heavy (non-hydrogen) atoms. The van der Waals surface area contributed by atoms with Crippen LogP contribution in [0.15, 0.2) is 41.6 Å². The van der Waals surface area contributed by atoms with Crippen LogP contribution in [0.3, 0.4) is 0 Å². The number of pyridine rings is 1. The van der Waals surface area contributed by atoms with Gasteiger partial charge in [0.2, 0.25) is 5.91 Å². The van der Waals surface area contributed by atoms with E-state index in [1.165, 1.54) is 17.3 Å². The van der Waals surface area contributed by atoms with E-state index >= 15 is 0 Å². The third kappa shape index (κ3) is 2.96. The van der Waals surface area contributed by atoms with Crippen LogP contribution in [0.1, 0.15) is 12.5 Å². The number of nitrogens with zero attached hydrogens (tertiary/aromatic N) is 2. The van der Waals surface area contributed by atoms with E-state index < -0.39 is 0 Å². The molecule has 0 aliphatic carbocycles. The first-order valence-corrected chi connectivity index (χ1v) is 7.79. The number of amides is 1. The molecule has 5 nitrogen and oxygen atoms in total. The molecule has 0 aliphatic heterocycles. The number of aryl methyl sites for hydroxylation is 1. The van der Waals surface area contributed by atoms with E-state index in [-0.39, 0.29) is 11.2 Å². The van der Waals surface area contributed by atoms with Crippen LogP contribution in [0.25, 0.3) is 22.4 Å². The number of primary amides is 1. The van der Waals surface area contributed by atoms with Gasteiger partial charge in [-0.3, -0.25) is 4.79 Å². The summed E-state index contributed by atoms with van der Waals surface area (Å²) in [6, 6.07) is 9.91. The van der Waals surface area contributed by atoms with E-state index in [1.807, 2.05) is 31.2 Å². The van der Waals surface area contributed by atoms with E-state index in [1.54, 1.807) is 13.1 Å².